The van der Waals surface area contributed by atoms with E-state index in [0.717, 1.165) is 0 Å². The van der Waals surface area contributed by atoms with Crippen molar-refractivity contribution in [2.75, 3.05) is 0 Å². The third-order valence-corrected chi connectivity index (χ3v) is 1.29. The fourth-order valence-corrected chi connectivity index (χ4v) is 0.714. The molecule has 0 aromatic heterocycles. The first-order valence-corrected chi connectivity index (χ1v) is 5.01. The minimum absolute atomic E-state index is 0. The molecule has 0 bridgehead atoms. The SMILES string of the molecule is O=C(O)CC(O)(CC(=O)O)C(=O)O.O=C([O-])[O-].O=C([O-])[O-].O=C([O-])[O-].[La+3].[La+3]. The van der Waals surface area contributed by atoms with E-state index in [4.69, 9.17) is 65.4 Å². The number of carbonyl (C=O) groups excluding carboxylic acids is 3. The first kappa shape index (κ1) is 40.3. The molecular weight excluding hydrogens is 642 g/mol. The number of carboxylic acid groups (broad SMARTS) is 9. The van der Waals surface area contributed by atoms with E-state index in [2.05, 4.69) is 0 Å². The Morgan fingerprint density at radius 2 is 0.741 bits per heavy atom. The summed E-state index contributed by atoms with van der Waals surface area (Å²) in [6, 6.07) is 0. The van der Waals surface area contributed by atoms with Crippen LogP contribution in [0, 0.1) is 71.2 Å². The fraction of sp³-hybridized carbons (Fsp3) is 0.333. The van der Waals surface area contributed by atoms with Gasteiger partial charge in [-0.1, -0.05) is 0 Å². The monoisotopic (exact) mass is 650 g/mol. The summed E-state index contributed by atoms with van der Waals surface area (Å²) >= 11 is 0. The van der Waals surface area contributed by atoms with Gasteiger partial charge < -0.3 is 65.4 Å². The van der Waals surface area contributed by atoms with E-state index in [9.17, 15) is 14.4 Å². The van der Waals surface area contributed by atoms with E-state index in [1.807, 2.05) is 0 Å². The Bertz CT molecular complexity index is 432. The Hall–Kier alpha value is -1.43. The quantitative estimate of drug-likeness (QED) is 0.215. The van der Waals surface area contributed by atoms with E-state index < -0.39 is 54.8 Å². The van der Waals surface area contributed by atoms with Crippen LogP contribution in [0.4, 0.5) is 14.4 Å². The van der Waals surface area contributed by atoms with Crippen LogP contribution >= 0.6 is 0 Å². The molecule has 0 aromatic carbocycles. The van der Waals surface area contributed by atoms with Crippen LogP contribution in [0.3, 0.4) is 0 Å². The van der Waals surface area contributed by atoms with Crippen molar-refractivity contribution in [3.63, 3.8) is 0 Å². The van der Waals surface area contributed by atoms with Gasteiger partial charge in [-0.15, -0.1) is 0 Å². The molecule has 0 aliphatic carbocycles. The van der Waals surface area contributed by atoms with E-state index in [1.165, 1.54) is 0 Å². The van der Waals surface area contributed by atoms with Crippen molar-refractivity contribution in [3.8, 4) is 0 Å². The molecule has 0 saturated heterocycles. The molecule has 0 rings (SSSR count). The molecule has 0 atom stereocenters. The second kappa shape index (κ2) is 22.6. The molecule has 18 heteroatoms. The Morgan fingerprint density at radius 3 is 0.815 bits per heavy atom. The van der Waals surface area contributed by atoms with Crippen molar-refractivity contribution in [1.82, 2.24) is 0 Å². The van der Waals surface area contributed by atoms with Gasteiger partial charge in [0, 0.05) is 0 Å². The third kappa shape index (κ3) is 59.0. The average Bonchev–Trinajstić information content (AvgIpc) is 2.22. The van der Waals surface area contributed by atoms with Gasteiger partial charge in [-0.25, -0.2) is 4.79 Å². The van der Waals surface area contributed by atoms with Crippen molar-refractivity contribution in [2.45, 2.75) is 18.4 Å². The maximum absolute atomic E-state index is 10.3. The average molecular weight is 650 g/mol. The van der Waals surface area contributed by atoms with Crippen LogP contribution in [0.25, 0.3) is 0 Å². The minimum atomic E-state index is -2.74. The molecule has 146 valence electrons. The Morgan fingerprint density at radius 1 is 0.593 bits per heavy atom. The topological polar surface area (TPSA) is 322 Å². The van der Waals surface area contributed by atoms with Gasteiger partial charge in [0.05, 0.1) is 12.8 Å². The molecule has 0 aromatic rings. The molecule has 0 aliphatic rings. The van der Waals surface area contributed by atoms with Gasteiger partial charge in [0.15, 0.2) is 5.60 Å². The zero-order valence-corrected chi connectivity index (χ0v) is 20.0. The van der Waals surface area contributed by atoms with Crippen molar-refractivity contribution in [1.29, 1.82) is 0 Å². The summed E-state index contributed by atoms with van der Waals surface area (Å²) in [5.41, 5.74) is -2.74. The van der Waals surface area contributed by atoms with Gasteiger partial charge in [0.2, 0.25) is 0 Å². The van der Waals surface area contributed by atoms with Crippen LogP contribution in [0.5, 0.6) is 0 Å². The zero-order valence-electron chi connectivity index (χ0n) is 12.8. The van der Waals surface area contributed by atoms with Gasteiger partial charge in [-0.2, -0.15) is 0 Å². The molecule has 0 fully saturated rings. The molecule has 0 radical (unpaired) electrons. The van der Waals surface area contributed by atoms with E-state index >= 15 is 0 Å². The summed E-state index contributed by atoms with van der Waals surface area (Å²) in [6.07, 6.45) is -9.29. The van der Waals surface area contributed by atoms with Crippen molar-refractivity contribution >= 4 is 36.4 Å². The molecule has 0 amide bonds. The number of aliphatic hydroxyl groups is 1. The van der Waals surface area contributed by atoms with E-state index in [1.54, 1.807) is 0 Å². The predicted octanol–water partition coefficient (Wildman–Crippen LogP) is -8.59. The van der Waals surface area contributed by atoms with Gasteiger partial charge in [0.25, 0.3) is 0 Å². The summed E-state index contributed by atoms with van der Waals surface area (Å²) < 4.78 is 0. The van der Waals surface area contributed by atoms with E-state index in [0.29, 0.717) is 0 Å². The molecule has 4 N–H and O–H groups in total. The summed E-state index contributed by atoms with van der Waals surface area (Å²) in [7, 11) is 0. The molecule has 27 heavy (non-hydrogen) atoms. The van der Waals surface area contributed by atoms with Gasteiger partial charge >= 0.3 is 89.1 Å². The van der Waals surface area contributed by atoms with Crippen LogP contribution in [-0.2, 0) is 14.4 Å². The van der Waals surface area contributed by atoms with Gasteiger partial charge in [0.1, 0.15) is 0 Å². The second-order valence-corrected chi connectivity index (χ2v) is 3.23. The molecule has 0 unspecified atom stereocenters. The normalized spacial score (nSPS) is 7.89. The number of rotatable bonds is 5. The van der Waals surface area contributed by atoms with Crippen LogP contribution in [0.1, 0.15) is 12.8 Å². The molecule has 16 nitrogen and oxygen atoms in total. The van der Waals surface area contributed by atoms with Gasteiger partial charge in [-0.3, -0.25) is 9.59 Å². The van der Waals surface area contributed by atoms with E-state index in [-0.39, 0.29) is 71.2 Å². The van der Waals surface area contributed by atoms with Crippen LogP contribution in [0.15, 0.2) is 0 Å². The third-order valence-electron chi connectivity index (χ3n) is 1.29. The Labute approximate surface area is 204 Å². The number of carbonyl (C=O) groups is 6. The first-order valence-electron chi connectivity index (χ1n) is 5.01. The molecule has 0 saturated carbocycles. The summed E-state index contributed by atoms with van der Waals surface area (Å²) in [5, 5.41) is 83.8. The van der Waals surface area contributed by atoms with Crippen molar-refractivity contribution in [3.05, 3.63) is 0 Å². The number of hydrogen-bond donors (Lipinski definition) is 4. The molecule has 0 aliphatic heterocycles. The number of carboxylic acids is 3. The second-order valence-electron chi connectivity index (χ2n) is 3.23. The molecule has 0 spiro atoms. The Balaban J connectivity index is -0.0000000655. The maximum Gasteiger partial charge on any atom is 3.00 e. The van der Waals surface area contributed by atoms with Crippen LogP contribution < -0.4 is 30.6 Å². The Kier molecular flexibility index (Phi) is 33.8. The summed E-state index contributed by atoms with van der Waals surface area (Å²) in [4.78, 5) is 55.5. The van der Waals surface area contributed by atoms with Gasteiger partial charge in [-0.05, 0) is 18.5 Å². The largest absolute Gasteiger partial charge is 3.00 e. The fourth-order valence-electron chi connectivity index (χ4n) is 0.714. The van der Waals surface area contributed by atoms with Crippen molar-refractivity contribution in [2.24, 2.45) is 0 Å². The molecule has 0 heterocycles. The maximum atomic E-state index is 10.3. The number of aliphatic carboxylic acids is 3. The standard InChI is InChI=1S/C6H8O7.3CH2O3.2La/c7-3(8)1-6(13,5(11)12)2-4(9)10;3*2-1(3)4;;/h13H,1-2H2,(H,7,8)(H,9,10)(H,11,12);3*(H2,2,3,4);;/q;;;;2*+3/p-6. The first-order chi connectivity index (χ1) is 11.0. The summed E-state index contributed by atoms with van der Waals surface area (Å²) in [6.45, 7) is 0. The molecular formula is C9H8La2O16. The van der Waals surface area contributed by atoms with Crippen molar-refractivity contribution < 1.29 is 151 Å². The minimum Gasteiger partial charge on any atom is -0.652 e. The van der Waals surface area contributed by atoms with Crippen LogP contribution in [-0.4, -0.2) is 62.4 Å². The predicted molar refractivity (Wildman–Crippen MR) is 53.3 cm³/mol. The smallest absolute Gasteiger partial charge is 0.652 e. The summed E-state index contributed by atoms with van der Waals surface area (Å²) in [5.74, 6) is -5.02. The van der Waals surface area contributed by atoms with Crippen LogP contribution in [0.2, 0.25) is 0 Å². The zero-order chi connectivity index (χ0) is 21.4. The number of hydrogen-bond acceptors (Lipinski definition) is 13.